The van der Waals surface area contributed by atoms with Crippen LogP contribution in [-0.2, 0) is 16.1 Å². The van der Waals surface area contributed by atoms with E-state index in [1.807, 2.05) is 48.5 Å². The molecule has 222 valence electrons. The van der Waals surface area contributed by atoms with Crippen molar-refractivity contribution in [1.82, 2.24) is 4.57 Å². The molecule has 43 heavy (non-hydrogen) atoms. The minimum atomic E-state index is -0.738. The maximum Gasteiger partial charge on any atom is 0.338 e. The van der Waals surface area contributed by atoms with E-state index in [9.17, 15) is 9.59 Å². The molecule has 0 saturated heterocycles. The average Bonchev–Trinajstić information content (AvgIpc) is 3.30. The zero-order chi connectivity index (χ0) is 30.7. The van der Waals surface area contributed by atoms with Crippen LogP contribution in [0.15, 0.2) is 86.2 Å². The zero-order valence-corrected chi connectivity index (χ0v) is 27.0. The first-order valence-corrected chi connectivity index (χ1v) is 15.3. The topological polar surface area (TPSA) is 88.4 Å². The molecule has 8 nitrogen and oxygen atoms in total. The third-order valence-corrected chi connectivity index (χ3v) is 8.66. The van der Waals surface area contributed by atoms with Gasteiger partial charge in [0.2, 0.25) is 0 Å². The fourth-order valence-electron chi connectivity index (χ4n) is 4.75. The van der Waals surface area contributed by atoms with E-state index in [4.69, 9.17) is 30.5 Å². The Labute approximate surface area is 265 Å². The largest absolute Gasteiger partial charge is 0.496 e. The summed E-state index contributed by atoms with van der Waals surface area (Å²) in [7, 11) is 3.14. The van der Waals surface area contributed by atoms with E-state index < -0.39 is 12.0 Å². The summed E-state index contributed by atoms with van der Waals surface area (Å²) in [5, 5.41) is 0.659. The van der Waals surface area contributed by atoms with Crippen LogP contribution in [0.4, 0.5) is 0 Å². The van der Waals surface area contributed by atoms with E-state index in [0.717, 1.165) is 11.1 Å². The van der Waals surface area contributed by atoms with Crippen molar-refractivity contribution in [1.29, 1.82) is 0 Å². The van der Waals surface area contributed by atoms with Crippen molar-refractivity contribution in [3.8, 4) is 17.2 Å². The summed E-state index contributed by atoms with van der Waals surface area (Å²) >= 11 is 10.8. The number of halogens is 2. The number of esters is 1. The Kier molecular flexibility index (Phi) is 9.39. The van der Waals surface area contributed by atoms with Crippen LogP contribution in [0.25, 0.3) is 6.08 Å². The molecular formula is C32H28BrClN2O6S. The lowest BCUT2D eigenvalue weighted by atomic mass is 9.96. The van der Waals surface area contributed by atoms with Crippen LogP contribution < -0.4 is 29.1 Å². The predicted octanol–water partition coefficient (Wildman–Crippen LogP) is 5.81. The summed E-state index contributed by atoms with van der Waals surface area (Å²) in [6.07, 6.45) is 1.78. The molecule has 2 heterocycles. The molecule has 5 rings (SSSR count). The zero-order valence-electron chi connectivity index (χ0n) is 23.9. The summed E-state index contributed by atoms with van der Waals surface area (Å²) in [6.45, 7) is 4.03. The number of allylic oxidation sites excluding steroid dienone is 1. The monoisotopic (exact) mass is 682 g/mol. The number of nitrogens with zero attached hydrogens (tertiary/aromatic N) is 2. The van der Waals surface area contributed by atoms with Gasteiger partial charge < -0.3 is 18.9 Å². The molecule has 0 spiro atoms. The van der Waals surface area contributed by atoms with Crippen LogP contribution in [0, 0.1) is 0 Å². The third-order valence-electron chi connectivity index (χ3n) is 6.80. The SMILES string of the molecule is CCOC(=O)C1=C(C)N=c2s/c(=C/c3ccc(OCc4ccc(Cl)cc4)c(OC)c3)c(=O)n2[C@@H]1c1ccc(OC)c(Br)c1. The second-order valence-corrected chi connectivity index (χ2v) is 11.8. The Morgan fingerprint density at radius 3 is 2.44 bits per heavy atom. The van der Waals surface area contributed by atoms with Gasteiger partial charge in [0, 0.05) is 5.02 Å². The van der Waals surface area contributed by atoms with Crippen LogP contribution in [0.2, 0.25) is 5.02 Å². The fourth-order valence-corrected chi connectivity index (χ4v) is 6.48. The molecule has 0 aliphatic carbocycles. The van der Waals surface area contributed by atoms with Crippen LogP contribution >= 0.6 is 38.9 Å². The first-order valence-electron chi connectivity index (χ1n) is 13.3. The number of methoxy groups -OCH3 is 2. The number of rotatable bonds is 9. The number of thiazole rings is 1. The second kappa shape index (κ2) is 13.2. The van der Waals surface area contributed by atoms with Crippen molar-refractivity contribution >= 4 is 50.9 Å². The Balaban J connectivity index is 1.55. The molecule has 4 aromatic rings. The van der Waals surface area contributed by atoms with Gasteiger partial charge in [-0.15, -0.1) is 0 Å². The first-order chi connectivity index (χ1) is 20.7. The van der Waals surface area contributed by atoms with Gasteiger partial charge in [-0.2, -0.15) is 0 Å². The number of carbonyl (C=O) groups is 1. The number of fused-ring (bicyclic) bond motifs is 1. The van der Waals surface area contributed by atoms with Gasteiger partial charge in [-0.25, -0.2) is 9.79 Å². The molecule has 0 radical (unpaired) electrons. The fraction of sp³-hybridized carbons (Fsp3) is 0.219. The molecular weight excluding hydrogens is 656 g/mol. The molecule has 1 atom stereocenters. The summed E-state index contributed by atoms with van der Waals surface area (Å²) < 4.78 is 25.0. The van der Waals surface area contributed by atoms with Crippen LogP contribution in [0.5, 0.6) is 17.2 Å². The normalized spacial score (nSPS) is 14.7. The van der Waals surface area contributed by atoms with Crippen molar-refractivity contribution in [2.75, 3.05) is 20.8 Å². The van der Waals surface area contributed by atoms with Crippen molar-refractivity contribution in [2.24, 2.45) is 4.99 Å². The van der Waals surface area contributed by atoms with Crippen molar-refractivity contribution in [2.45, 2.75) is 26.5 Å². The minimum Gasteiger partial charge on any atom is -0.496 e. The maximum absolute atomic E-state index is 14.0. The van der Waals surface area contributed by atoms with Crippen molar-refractivity contribution < 1.29 is 23.7 Å². The number of ether oxygens (including phenoxy) is 4. The van der Waals surface area contributed by atoms with Gasteiger partial charge in [0.05, 0.1) is 47.1 Å². The molecule has 1 aliphatic rings. The Morgan fingerprint density at radius 2 is 1.77 bits per heavy atom. The van der Waals surface area contributed by atoms with Gasteiger partial charge in [-0.1, -0.05) is 47.2 Å². The highest BCUT2D eigenvalue weighted by Gasteiger charge is 2.33. The lowest BCUT2D eigenvalue weighted by molar-refractivity contribution is -0.139. The highest BCUT2D eigenvalue weighted by Crippen LogP contribution is 2.35. The maximum atomic E-state index is 14.0. The van der Waals surface area contributed by atoms with Crippen molar-refractivity contribution in [3.05, 3.63) is 118 Å². The van der Waals surface area contributed by atoms with Crippen LogP contribution in [0.1, 0.15) is 36.6 Å². The molecule has 0 N–H and O–H groups in total. The molecule has 0 fully saturated rings. The van der Waals surface area contributed by atoms with Gasteiger partial charge in [-0.05, 0) is 88.9 Å². The van der Waals surface area contributed by atoms with Gasteiger partial charge >= 0.3 is 5.97 Å². The summed E-state index contributed by atoms with van der Waals surface area (Å²) in [5.74, 6) is 1.20. The molecule has 11 heteroatoms. The highest BCUT2D eigenvalue weighted by atomic mass is 79.9. The number of carbonyl (C=O) groups excluding carboxylic acids is 1. The summed E-state index contributed by atoms with van der Waals surface area (Å²) in [5.41, 5.74) is 2.94. The molecule has 0 unspecified atom stereocenters. The molecule has 0 amide bonds. The Bertz CT molecular complexity index is 1900. The van der Waals surface area contributed by atoms with Crippen molar-refractivity contribution in [3.63, 3.8) is 0 Å². The smallest absolute Gasteiger partial charge is 0.338 e. The van der Waals surface area contributed by atoms with Gasteiger partial charge in [0.1, 0.15) is 12.4 Å². The summed E-state index contributed by atoms with van der Waals surface area (Å²) in [4.78, 5) is 32.2. The number of hydrogen-bond donors (Lipinski definition) is 0. The second-order valence-electron chi connectivity index (χ2n) is 9.52. The number of aromatic nitrogens is 1. The van der Waals surface area contributed by atoms with Gasteiger partial charge in [0.15, 0.2) is 16.3 Å². The van der Waals surface area contributed by atoms with E-state index >= 15 is 0 Å². The lowest BCUT2D eigenvalue weighted by Crippen LogP contribution is -2.39. The Hall–Kier alpha value is -3.86. The number of benzene rings is 3. The average molecular weight is 684 g/mol. The lowest BCUT2D eigenvalue weighted by Gasteiger charge is -2.25. The van der Waals surface area contributed by atoms with Crippen LogP contribution in [0.3, 0.4) is 0 Å². The molecule has 1 aliphatic heterocycles. The molecule has 0 saturated carbocycles. The predicted molar refractivity (Wildman–Crippen MR) is 170 cm³/mol. The summed E-state index contributed by atoms with van der Waals surface area (Å²) in [6, 6.07) is 17.6. The third kappa shape index (κ3) is 6.41. The standard InChI is InChI=1S/C32H28BrClN2O6S/c1-5-41-31(38)28-18(2)35-32-36(29(28)21-9-13-24(39-3)23(33)16-21)30(37)27(43-32)15-20-8-12-25(26(14-20)40-4)42-17-19-6-10-22(34)11-7-19/h6-16,29H,5,17H2,1-4H3/b27-15+/t29-/m1/s1. The van der Waals surface area contributed by atoms with E-state index in [1.165, 1.54) is 11.3 Å². The quantitative estimate of drug-likeness (QED) is 0.207. The minimum absolute atomic E-state index is 0.195. The van der Waals surface area contributed by atoms with Gasteiger partial charge in [-0.3, -0.25) is 9.36 Å². The van der Waals surface area contributed by atoms with E-state index in [-0.39, 0.29) is 12.2 Å². The molecule has 3 aromatic carbocycles. The molecule has 0 bridgehead atoms. The first kappa shape index (κ1) is 30.6. The number of hydrogen-bond acceptors (Lipinski definition) is 8. The van der Waals surface area contributed by atoms with E-state index in [2.05, 4.69) is 20.9 Å². The highest BCUT2D eigenvalue weighted by molar-refractivity contribution is 9.10. The molecule has 1 aromatic heterocycles. The van der Waals surface area contributed by atoms with Gasteiger partial charge in [0.25, 0.3) is 5.56 Å². The van der Waals surface area contributed by atoms with E-state index in [0.29, 0.717) is 59.5 Å². The van der Waals surface area contributed by atoms with Crippen LogP contribution in [-0.4, -0.2) is 31.4 Å². The van der Waals surface area contributed by atoms with E-state index in [1.54, 1.807) is 50.8 Å². The Morgan fingerprint density at radius 1 is 1.05 bits per heavy atom.